The Hall–Kier alpha value is -2.75. The van der Waals surface area contributed by atoms with Crippen molar-refractivity contribution < 1.29 is 13.6 Å². The van der Waals surface area contributed by atoms with Gasteiger partial charge in [0.25, 0.3) is 0 Å². The fraction of sp³-hybridized carbons (Fsp3) is 0.250. The molecule has 1 amide bonds. The van der Waals surface area contributed by atoms with Crippen LogP contribution in [-0.2, 0) is 11.3 Å². The molecule has 158 valence electrons. The fourth-order valence-corrected chi connectivity index (χ4v) is 4.05. The third-order valence-electron chi connectivity index (χ3n) is 4.53. The van der Waals surface area contributed by atoms with Gasteiger partial charge in [-0.15, -0.1) is 12.4 Å². The number of amides is 1. The van der Waals surface area contributed by atoms with Gasteiger partial charge in [0.2, 0.25) is 5.91 Å². The Balaban J connectivity index is 0.00000256. The summed E-state index contributed by atoms with van der Waals surface area (Å²) >= 11 is 1.24. The van der Waals surface area contributed by atoms with Crippen molar-refractivity contribution in [3.05, 3.63) is 58.8 Å². The lowest BCUT2D eigenvalue weighted by Gasteiger charge is -2.22. The number of carbonyl (C=O) groups is 1. The van der Waals surface area contributed by atoms with Crippen molar-refractivity contribution in [2.45, 2.75) is 6.54 Å². The van der Waals surface area contributed by atoms with Gasteiger partial charge >= 0.3 is 5.76 Å². The summed E-state index contributed by atoms with van der Waals surface area (Å²) in [4.78, 5) is 33.2. The lowest BCUT2D eigenvalue weighted by Crippen LogP contribution is -2.39. The molecule has 0 N–H and O–H groups in total. The number of benzene rings is 2. The Morgan fingerprint density at radius 1 is 1.17 bits per heavy atom. The van der Waals surface area contributed by atoms with Crippen molar-refractivity contribution in [2.75, 3.05) is 32.1 Å². The minimum Gasteiger partial charge on any atom is -0.408 e. The van der Waals surface area contributed by atoms with E-state index in [-0.39, 0.29) is 30.4 Å². The van der Waals surface area contributed by atoms with E-state index in [2.05, 4.69) is 4.98 Å². The zero-order valence-electron chi connectivity index (χ0n) is 16.4. The van der Waals surface area contributed by atoms with E-state index in [0.717, 1.165) is 0 Å². The monoisotopic (exact) mass is 450 g/mol. The van der Waals surface area contributed by atoms with Gasteiger partial charge in [-0.3, -0.25) is 14.3 Å². The standard InChI is InChI=1S/C20H19FN4O3S.ClH/c1-23(2)10-11-24(19-22-18-13(21)6-5-9-16(18)29-19)17(26)12-25-14-7-3-4-8-15(14)28-20(25)27;/h3-9H,10-12H2,1-2H3;1H. The van der Waals surface area contributed by atoms with Gasteiger partial charge in [-0.05, 0) is 38.4 Å². The van der Waals surface area contributed by atoms with Crippen molar-refractivity contribution >= 4 is 56.1 Å². The molecule has 0 saturated carbocycles. The highest BCUT2D eigenvalue weighted by atomic mass is 35.5. The van der Waals surface area contributed by atoms with Crippen molar-refractivity contribution in [1.82, 2.24) is 14.5 Å². The van der Waals surface area contributed by atoms with Crippen LogP contribution in [0.5, 0.6) is 0 Å². The number of carbonyl (C=O) groups excluding carboxylic acids is 1. The third-order valence-corrected chi connectivity index (χ3v) is 5.57. The van der Waals surface area contributed by atoms with Gasteiger partial charge in [-0.25, -0.2) is 14.2 Å². The van der Waals surface area contributed by atoms with Crippen LogP contribution in [0.1, 0.15) is 0 Å². The molecule has 2 aromatic carbocycles. The summed E-state index contributed by atoms with van der Waals surface area (Å²) < 4.78 is 21.3. The first-order chi connectivity index (χ1) is 13.9. The summed E-state index contributed by atoms with van der Waals surface area (Å²) in [6.07, 6.45) is 0. The fourth-order valence-electron chi connectivity index (χ4n) is 3.03. The number of anilines is 1. The highest BCUT2D eigenvalue weighted by Gasteiger charge is 2.23. The number of nitrogens with zero attached hydrogens (tertiary/aromatic N) is 4. The molecule has 0 bridgehead atoms. The lowest BCUT2D eigenvalue weighted by atomic mass is 10.3. The first-order valence-corrected chi connectivity index (χ1v) is 9.84. The minimum atomic E-state index is -0.595. The van der Waals surface area contributed by atoms with E-state index >= 15 is 0 Å². The molecule has 0 spiro atoms. The molecule has 2 heterocycles. The maximum absolute atomic E-state index is 14.1. The third kappa shape index (κ3) is 4.23. The smallest absolute Gasteiger partial charge is 0.408 e. The maximum atomic E-state index is 14.1. The number of para-hydroxylation sites is 3. The molecule has 0 atom stereocenters. The van der Waals surface area contributed by atoms with E-state index in [9.17, 15) is 14.0 Å². The quantitative estimate of drug-likeness (QED) is 0.450. The van der Waals surface area contributed by atoms with E-state index in [1.165, 1.54) is 26.9 Å². The van der Waals surface area contributed by atoms with Gasteiger partial charge in [0.15, 0.2) is 10.7 Å². The summed E-state index contributed by atoms with van der Waals surface area (Å²) in [5.74, 6) is -1.34. The van der Waals surface area contributed by atoms with Crippen LogP contribution in [0.15, 0.2) is 51.7 Å². The number of oxazole rings is 1. The Morgan fingerprint density at radius 2 is 1.93 bits per heavy atom. The largest absolute Gasteiger partial charge is 0.420 e. The van der Waals surface area contributed by atoms with Crippen molar-refractivity contribution in [2.24, 2.45) is 0 Å². The minimum absolute atomic E-state index is 0. The van der Waals surface area contributed by atoms with Crippen LogP contribution in [0.3, 0.4) is 0 Å². The van der Waals surface area contributed by atoms with Gasteiger partial charge in [0.1, 0.15) is 17.9 Å². The molecule has 2 aromatic heterocycles. The van der Waals surface area contributed by atoms with Crippen LogP contribution in [0, 0.1) is 5.82 Å². The molecule has 4 aromatic rings. The van der Waals surface area contributed by atoms with Crippen LogP contribution < -0.4 is 10.7 Å². The molecule has 0 radical (unpaired) electrons. The first-order valence-electron chi connectivity index (χ1n) is 9.02. The second kappa shape index (κ2) is 8.95. The SMILES string of the molecule is CN(C)CCN(C(=O)Cn1c(=O)oc2ccccc21)c1nc2c(F)cccc2s1.Cl. The molecule has 0 aliphatic rings. The molecule has 0 unspecified atom stereocenters. The van der Waals surface area contributed by atoms with Crippen LogP contribution in [0.25, 0.3) is 21.3 Å². The Kier molecular flexibility index (Phi) is 6.55. The molecule has 4 rings (SSSR count). The van der Waals surface area contributed by atoms with Crippen molar-refractivity contribution in [3.8, 4) is 0 Å². The normalized spacial score (nSPS) is 11.2. The molecular weight excluding hydrogens is 431 g/mol. The summed E-state index contributed by atoms with van der Waals surface area (Å²) in [5.41, 5.74) is 1.21. The lowest BCUT2D eigenvalue weighted by molar-refractivity contribution is -0.119. The highest BCUT2D eigenvalue weighted by Crippen LogP contribution is 2.30. The number of hydrogen-bond acceptors (Lipinski definition) is 6. The highest BCUT2D eigenvalue weighted by molar-refractivity contribution is 7.22. The zero-order chi connectivity index (χ0) is 20.5. The van der Waals surface area contributed by atoms with Crippen molar-refractivity contribution in [3.63, 3.8) is 0 Å². The summed E-state index contributed by atoms with van der Waals surface area (Å²) in [6, 6.07) is 11.7. The van der Waals surface area contributed by atoms with Gasteiger partial charge < -0.3 is 9.32 Å². The van der Waals surface area contributed by atoms with Gasteiger partial charge in [0.05, 0.1) is 10.2 Å². The molecule has 0 aliphatic carbocycles. The first kappa shape index (κ1) is 21.9. The molecular formula is C20H20ClFN4O3S. The van der Waals surface area contributed by atoms with E-state index in [1.54, 1.807) is 36.4 Å². The predicted molar refractivity (Wildman–Crippen MR) is 118 cm³/mol. The number of likely N-dealkylation sites (N-methyl/N-ethyl adjacent to an activating group) is 1. The Bertz CT molecular complexity index is 1250. The van der Waals surface area contributed by atoms with Crippen molar-refractivity contribution in [1.29, 1.82) is 0 Å². The molecule has 0 fully saturated rings. The average molecular weight is 451 g/mol. The van der Waals surface area contributed by atoms with Crippen LogP contribution in [0.4, 0.5) is 9.52 Å². The molecule has 30 heavy (non-hydrogen) atoms. The second-order valence-electron chi connectivity index (χ2n) is 6.85. The molecule has 7 nitrogen and oxygen atoms in total. The zero-order valence-corrected chi connectivity index (χ0v) is 18.0. The van der Waals surface area contributed by atoms with Crippen LogP contribution in [0.2, 0.25) is 0 Å². The Morgan fingerprint density at radius 3 is 2.67 bits per heavy atom. The second-order valence-corrected chi connectivity index (χ2v) is 7.86. The molecule has 0 saturated heterocycles. The number of aromatic nitrogens is 2. The van der Waals surface area contributed by atoms with Gasteiger partial charge in [0, 0.05) is 13.1 Å². The summed E-state index contributed by atoms with van der Waals surface area (Å²) in [6.45, 7) is 0.755. The summed E-state index contributed by atoms with van der Waals surface area (Å²) in [5, 5.41) is 0.401. The number of hydrogen-bond donors (Lipinski definition) is 0. The molecule has 10 heteroatoms. The van der Waals surface area contributed by atoms with E-state index in [4.69, 9.17) is 4.42 Å². The van der Waals surface area contributed by atoms with Crippen LogP contribution >= 0.6 is 23.7 Å². The average Bonchev–Trinajstić information content (AvgIpc) is 3.24. The number of halogens is 2. The van der Waals surface area contributed by atoms with E-state index in [0.29, 0.717) is 34.0 Å². The topological polar surface area (TPSA) is 71.6 Å². The van der Waals surface area contributed by atoms with Gasteiger partial charge in [-0.2, -0.15) is 0 Å². The predicted octanol–water partition coefficient (Wildman–Crippen LogP) is 3.36. The van der Waals surface area contributed by atoms with E-state index in [1.807, 2.05) is 19.0 Å². The van der Waals surface area contributed by atoms with E-state index < -0.39 is 11.6 Å². The van der Waals surface area contributed by atoms with Gasteiger partial charge in [-0.1, -0.05) is 29.5 Å². The number of fused-ring (bicyclic) bond motifs is 2. The Labute approximate surface area is 181 Å². The number of thiazole rings is 1. The van der Waals surface area contributed by atoms with Crippen LogP contribution in [-0.4, -0.2) is 47.5 Å². The summed E-state index contributed by atoms with van der Waals surface area (Å²) in [7, 11) is 3.80. The maximum Gasteiger partial charge on any atom is 0.420 e. The number of rotatable bonds is 6. The molecule has 0 aliphatic heterocycles.